The molecule has 3 heterocycles. The summed E-state index contributed by atoms with van der Waals surface area (Å²) in [6.45, 7) is 6.41. The highest BCUT2D eigenvalue weighted by Gasteiger charge is 2.48. The molecule has 1 unspecified atom stereocenters. The Kier molecular flexibility index (Phi) is 6.70. The van der Waals surface area contributed by atoms with Crippen molar-refractivity contribution in [3.05, 3.63) is 88.2 Å². The Hall–Kier alpha value is -3.75. The van der Waals surface area contributed by atoms with Crippen LogP contribution in [0.4, 0.5) is 5.13 Å². The van der Waals surface area contributed by atoms with Gasteiger partial charge in [-0.2, -0.15) is 0 Å². The number of aliphatic hydroxyl groups is 1. The second kappa shape index (κ2) is 9.95. The molecule has 1 saturated heterocycles. The lowest BCUT2D eigenvalue weighted by Crippen LogP contribution is -2.29. The lowest BCUT2D eigenvalue weighted by molar-refractivity contribution is -0.132. The number of nitrogens with zero attached hydrogens (tertiary/aromatic N) is 3. The van der Waals surface area contributed by atoms with Crippen molar-refractivity contribution in [3.63, 3.8) is 0 Å². The van der Waals surface area contributed by atoms with Crippen LogP contribution in [0.1, 0.15) is 49.6 Å². The number of ether oxygens (including phenoxy) is 1. The highest BCUT2D eigenvalue weighted by molar-refractivity contribution is 7.22. The fourth-order valence-corrected chi connectivity index (χ4v) is 5.52. The number of rotatable bonds is 6. The summed E-state index contributed by atoms with van der Waals surface area (Å²) >= 11 is 7.54. The smallest absolute Gasteiger partial charge is 0.301 e. The predicted molar refractivity (Wildman–Crippen MR) is 145 cm³/mol. The molecule has 1 fully saturated rings. The van der Waals surface area contributed by atoms with E-state index >= 15 is 0 Å². The average Bonchev–Trinajstić information content (AvgIpc) is 3.43. The first kappa shape index (κ1) is 24.9. The summed E-state index contributed by atoms with van der Waals surface area (Å²) in [6.07, 6.45) is 1.58. The fraction of sp³-hybridized carbons (Fsp3) is 0.214. The van der Waals surface area contributed by atoms with Crippen molar-refractivity contribution in [2.45, 2.75) is 32.7 Å². The van der Waals surface area contributed by atoms with Crippen LogP contribution in [0.25, 0.3) is 16.0 Å². The number of carbonyl (C=O) groups is 2. The first-order valence-corrected chi connectivity index (χ1v) is 13.0. The minimum absolute atomic E-state index is 0.0735. The summed E-state index contributed by atoms with van der Waals surface area (Å²) in [5.41, 5.74) is 2.54. The predicted octanol–water partition coefficient (Wildman–Crippen LogP) is 6.49. The zero-order chi connectivity index (χ0) is 26.3. The van der Waals surface area contributed by atoms with E-state index in [1.54, 1.807) is 42.6 Å². The maximum Gasteiger partial charge on any atom is 0.301 e. The summed E-state index contributed by atoms with van der Waals surface area (Å²) < 4.78 is 6.46. The highest BCUT2D eigenvalue weighted by atomic mass is 35.5. The van der Waals surface area contributed by atoms with Crippen LogP contribution in [0.2, 0.25) is 5.02 Å². The molecule has 0 saturated carbocycles. The SMILES string of the molecule is CCOc1cc(/C(O)=C2\C(=O)C(=O)N(c3nc4ccc(C(C)C)cc4s3)C2c2ccccn2)ccc1Cl. The molecule has 0 bridgehead atoms. The van der Waals surface area contributed by atoms with Gasteiger partial charge in [-0.15, -0.1) is 0 Å². The number of benzene rings is 2. The van der Waals surface area contributed by atoms with Crippen molar-refractivity contribution in [1.29, 1.82) is 0 Å². The molecule has 0 spiro atoms. The van der Waals surface area contributed by atoms with Gasteiger partial charge in [-0.05, 0) is 60.9 Å². The van der Waals surface area contributed by atoms with Gasteiger partial charge >= 0.3 is 5.91 Å². The van der Waals surface area contributed by atoms with E-state index in [1.165, 1.54) is 16.2 Å². The van der Waals surface area contributed by atoms with Gasteiger partial charge in [0.2, 0.25) is 0 Å². The summed E-state index contributed by atoms with van der Waals surface area (Å²) in [7, 11) is 0. The first-order chi connectivity index (χ1) is 17.8. The van der Waals surface area contributed by atoms with E-state index in [9.17, 15) is 14.7 Å². The number of aliphatic hydroxyl groups excluding tert-OH is 1. The van der Waals surface area contributed by atoms with Crippen LogP contribution in [0, 0.1) is 0 Å². The molecule has 1 atom stereocenters. The Morgan fingerprint density at radius 1 is 1.16 bits per heavy atom. The number of pyridine rings is 1. The zero-order valence-electron chi connectivity index (χ0n) is 20.4. The van der Waals surface area contributed by atoms with Crippen LogP contribution in [0.3, 0.4) is 0 Å². The molecular weight excluding hydrogens is 510 g/mol. The molecule has 0 aliphatic carbocycles. The fourth-order valence-electron chi connectivity index (χ4n) is 4.31. The number of Topliss-reactive ketones (excluding diaryl/α,β-unsaturated/α-hetero) is 1. The minimum atomic E-state index is -0.961. The van der Waals surface area contributed by atoms with Crippen LogP contribution in [0.15, 0.2) is 66.4 Å². The number of aromatic nitrogens is 2. The van der Waals surface area contributed by atoms with E-state index in [0.717, 1.165) is 15.8 Å². The molecule has 2 aromatic heterocycles. The van der Waals surface area contributed by atoms with E-state index < -0.39 is 17.7 Å². The molecule has 0 radical (unpaired) electrons. The molecule has 1 amide bonds. The number of hydrogen-bond acceptors (Lipinski definition) is 7. The van der Waals surface area contributed by atoms with Gasteiger partial charge in [-0.3, -0.25) is 19.5 Å². The second-order valence-electron chi connectivity index (χ2n) is 8.88. The van der Waals surface area contributed by atoms with Crippen LogP contribution < -0.4 is 9.64 Å². The van der Waals surface area contributed by atoms with Gasteiger partial charge < -0.3 is 9.84 Å². The van der Waals surface area contributed by atoms with Crippen LogP contribution in [-0.2, 0) is 9.59 Å². The van der Waals surface area contributed by atoms with Crippen molar-refractivity contribution in [2.24, 2.45) is 0 Å². The number of halogens is 1. The van der Waals surface area contributed by atoms with Gasteiger partial charge in [0.05, 0.1) is 33.1 Å². The zero-order valence-corrected chi connectivity index (χ0v) is 22.0. The lowest BCUT2D eigenvalue weighted by Gasteiger charge is -2.22. The van der Waals surface area contributed by atoms with E-state index in [1.807, 2.05) is 19.1 Å². The number of carbonyl (C=O) groups excluding carboxylic acids is 2. The molecule has 2 aromatic carbocycles. The standard InChI is InChI=1S/C28H24ClN3O4S/c1-4-36-21-13-17(8-10-18(21)29)25(33)23-24(20-7-5-6-12-30-20)32(27(35)26(23)34)28-31-19-11-9-16(15(2)3)14-22(19)37-28/h5-15,24,33H,4H2,1-3H3/b25-23+. The van der Waals surface area contributed by atoms with Gasteiger partial charge in [0.1, 0.15) is 17.6 Å². The number of ketones is 1. The normalized spacial score (nSPS) is 17.2. The Labute approximate surface area is 223 Å². The topological polar surface area (TPSA) is 92.6 Å². The summed E-state index contributed by atoms with van der Waals surface area (Å²) in [5, 5.41) is 12.1. The molecule has 1 aliphatic rings. The van der Waals surface area contributed by atoms with Crippen molar-refractivity contribution >= 4 is 55.7 Å². The largest absolute Gasteiger partial charge is 0.507 e. The van der Waals surface area contributed by atoms with Gasteiger partial charge in [-0.25, -0.2) is 4.98 Å². The summed E-state index contributed by atoms with van der Waals surface area (Å²) in [5.74, 6) is -1.23. The van der Waals surface area contributed by atoms with E-state index in [0.29, 0.717) is 39.7 Å². The Balaban J connectivity index is 1.69. The second-order valence-corrected chi connectivity index (χ2v) is 10.3. The molecule has 1 aliphatic heterocycles. The number of anilines is 1. The van der Waals surface area contributed by atoms with Crippen LogP contribution >= 0.6 is 22.9 Å². The van der Waals surface area contributed by atoms with Gasteiger partial charge in [0, 0.05) is 11.8 Å². The van der Waals surface area contributed by atoms with Crippen molar-refractivity contribution in [1.82, 2.24) is 9.97 Å². The maximum absolute atomic E-state index is 13.4. The van der Waals surface area contributed by atoms with Crippen LogP contribution in [-0.4, -0.2) is 33.4 Å². The lowest BCUT2D eigenvalue weighted by atomic mass is 9.98. The van der Waals surface area contributed by atoms with E-state index in [2.05, 4.69) is 29.9 Å². The molecule has 1 N–H and O–H groups in total. The number of amides is 1. The van der Waals surface area contributed by atoms with Crippen LogP contribution in [0.5, 0.6) is 5.75 Å². The first-order valence-electron chi connectivity index (χ1n) is 11.8. The number of hydrogen-bond donors (Lipinski definition) is 1. The molecule has 37 heavy (non-hydrogen) atoms. The average molecular weight is 534 g/mol. The van der Waals surface area contributed by atoms with Crippen molar-refractivity contribution < 1.29 is 19.4 Å². The monoisotopic (exact) mass is 533 g/mol. The molecule has 5 rings (SSSR count). The maximum atomic E-state index is 13.4. The Morgan fingerprint density at radius 3 is 2.68 bits per heavy atom. The van der Waals surface area contributed by atoms with E-state index in [4.69, 9.17) is 16.3 Å². The molecule has 188 valence electrons. The Morgan fingerprint density at radius 2 is 1.97 bits per heavy atom. The highest BCUT2D eigenvalue weighted by Crippen LogP contribution is 2.44. The molecule has 9 heteroatoms. The molecule has 7 nitrogen and oxygen atoms in total. The van der Waals surface area contributed by atoms with Crippen molar-refractivity contribution in [2.75, 3.05) is 11.5 Å². The third-order valence-electron chi connectivity index (χ3n) is 6.19. The minimum Gasteiger partial charge on any atom is -0.507 e. The third-order valence-corrected chi connectivity index (χ3v) is 7.52. The molecular formula is C28H24ClN3O4S. The molecule has 4 aromatic rings. The summed E-state index contributed by atoms with van der Waals surface area (Å²) in [6, 6.07) is 15.0. The number of fused-ring (bicyclic) bond motifs is 1. The third kappa shape index (κ3) is 4.47. The quantitative estimate of drug-likeness (QED) is 0.173. The van der Waals surface area contributed by atoms with Gasteiger partial charge in [-0.1, -0.05) is 48.9 Å². The number of thiazole rings is 1. The van der Waals surface area contributed by atoms with Gasteiger partial charge in [0.15, 0.2) is 5.13 Å². The van der Waals surface area contributed by atoms with Crippen molar-refractivity contribution in [3.8, 4) is 5.75 Å². The Bertz CT molecular complexity index is 1550. The van der Waals surface area contributed by atoms with Gasteiger partial charge in [0.25, 0.3) is 5.78 Å². The van der Waals surface area contributed by atoms with E-state index in [-0.39, 0.29) is 11.3 Å². The summed E-state index contributed by atoms with van der Waals surface area (Å²) in [4.78, 5) is 37.3.